The molecule has 21 heavy (non-hydrogen) atoms. The Kier molecular flexibility index (Phi) is 5.34. The molecule has 0 aliphatic heterocycles. The van der Waals surface area contributed by atoms with E-state index in [4.69, 9.17) is 0 Å². The third kappa shape index (κ3) is 3.62. The molecule has 0 saturated carbocycles. The lowest BCUT2D eigenvalue weighted by molar-refractivity contribution is 0.0693. The zero-order valence-corrected chi connectivity index (χ0v) is 14.2. The molecule has 106 valence electrons. The Labute approximate surface area is 139 Å². The summed E-state index contributed by atoms with van der Waals surface area (Å²) in [5.41, 5.74) is 0.799. The zero-order chi connectivity index (χ0) is 15.4. The van der Waals surface area contributed by atoms with Gasteiger partial charge in [0.2, 0.25) is 0 Å². The van der Waals surface area contributed by atoms with Crippen molar-refractivity contribution in [1.29, 1.82) is 5.26 Å². The summed E-state index contributed by atoms with van der Waals surface area (Å²) in [6.45, 7) is 0. The molecule has 0 spiro atoms. The van der Waals surface area contributed by atoms with Gasteiger partial charge in [0, 0.05) is 19.2 Å². The molecule has 0 amide bonds. The number of nitrogens with zero attached hydrogens (tertiary/aromatic N) is 1. The van der Waals surface area contributed by atoms with Gasteiger partial charge in [-0.2, -0.15) is 5.26 Å². The Morgan fingerprint density at radius 1 is 1.24 bits per heavy atom. The number of thioether (sulfide) groups is 1. The van der Waals surface area contributed by atoms with Gasteiger partial charge in [-0.3, -0.25) is 0 Å². The van der Waals surface area contributed by atoms with E-state index in [2.05, 4.69) is 22.0 Å². The number of aromatic carboxylic acids is 1. The van der Waals surface area contributed by atoms with Gasteiger partial charge in [0.15, 0.2) is 0 Å². The Morgan fingerprint density at radius 2 is 1.95 bits per heavy atom. The van der Waals surface area contributed by atoms with Crippen molar-refractivity contribution in [1.82, 2.24) is 0 Å². The van der Waals surface area contributed by atoms with Gasteiger partial charge in [-0.05, 0) is 36.6 Å². The molecule has 6 heteroatoms. The average Bonchev–Trinajstić information content (AvgIpc) is 2.46. The van der Waals surface area contributed by atoms with E-state index >= 15 is 0 Å². The maximum absolute atomic E-state index is 11.3. The van der Waals surface area contributed by atoms with Crippen molar-refractivity contribution >= 4 is 45.4 Å². The molecule has 2 rings (SSSR count). The molecule has 0 unspecified atom stereocenters. The molecule has 0 aliphatic rings. The number of carboxylic acids is 1. The number of carboxylic acid groups (broad SMARTS) is 1. The summed E-state index contributed by atoms with van der Waals surface area (Å²) in [7, 11) is 0. The van der Waals surface area contributed by atoms with E-state index in [-0.39, 0.29) is 5.56 Å². The topological polar surface area (TPSA) is 61.1 Å². The van der Waals surface area contributed by atoms with Crippen LogP contribution in [0.25, 0.3) is 0 Å². The Bertz CT molecular complexity index is 741. The number of hydrogen-bond acceptors (Lipinski definition) is 4. The molecule has 0 aromatic heterocycles. The van der Waals surface area contributed by atoms with E-state index in [1.807, 2.05) is 24.5 Å². The largest absolute Gasteiger partial charge is 0.478 e. The molecule has 0 atom stereocenters. The molecule has 3 nitrogen and oxygen atoms in total. The van der Waals surface area contributed by atoms with Crippen LogP contribution in [-0.2, 0) is 0 Å². The van der Waals surface area contributed by atoms with Crippen molar-refractivity contribution in [2.75, 3.05) is 6.26 Å². The van der Waals surface area contributed by atoms with Crippen LogP contribution in [0.1, 0.15) is 15.9 Å². The van der Waals surface area contributed by atoms with Gasteiger partial charge in [-0.1, -0.05) is 33.8 Å². The highest BCUT2D eigenvalue weighted by molar-refractivity contribution is 9.10. The standard InChI is InChI=1S/C15H10BrNO2S2/c1-20-12-3-2-4-13(11(12)8-17)21-14-7-9(16)5-6-10(14)15(18)19/h2-7H,1H3,(H,18,19). The van der Waals surface area contributed by atoms with Crippen LogP contribution < -0.4 is 0 Å². The lowest BCUT2D eigenvalue weighted by Gasteiger charge is -2.10. The van der Waals surface area contributed by atoms with E-state index in [1.54, 1.807) is 18.2 Å². The quantitative estimate of drug-likeness (QED) is 0.765. The van der Waals surface area contributed by atoms with Crippen LogP contribution in [0.4, 0.5) is 0 Å². The third-order valence-corrected chi connectivity index (χ3v) is 5.10. The fourth-order valence-electron chi connectivity index (χ4n) is 1.75. The van der Waals surface area contributed by atoms with E-state index in [0.29, 0.717) is 10.5 Å². The van der Waals surface area contributed by atoms with Crippen LogP contribution in [0.3, 0.4) is 0 Å². The summed E-state index contributed by atoms with van der Waals surface area (Å²) >= 11 is 6.13. The van der Waals surface area contributed by atoms with E-state index in [0.717, 1.165) is 14.3 Å². The fourth-order valence-corrected chi connectivity index (χ4v) is 4.00. The second-order valence-electron chi connectivity index (χ2n) is 3.99. The number of rotatable bonds is 4. The van der Waals surface area contributed by atoms with Gasteiger partial charge in [0.05, 0.1) is 11.1 Å². The van der Waals surface area contributed by atoms with Crippen LogP contribution >= 0.6 is 39.5 Å². The normalized spacial score (nSPS) is 10.1. The van der Waals surface area contributed by atoms with E-state index < -0.39 is 5.97 Å². The molecule has 1 N–H and O–H groups in total. The van der Waals surface area contributed by atoms with Crippen LogP contribution in [0.2, 0.25) is 0 Å². The summed E-state index contributed by atoms with van der Waals surface area (Å²) < 4.78 is 0.800. The lowest BCUT2D eigenvalue weighted by atomic mass is 10.2. The van der Waals surface area contributed by atoms with Crippen molar-refractivity contribution in [3.8, 4) is 6.07 Å². The maximum atomic E-state index is 11.3. The van der Waals surface area contributed by atoms with Crippen LogP contribution in [0.5, 0.6) is 0 Å². The number of benzene rings is 2. The molecule has 0 bridgehead atoms. The van der Waals surface area contributed by atoms with Gasteiger partial charge in [0.1, 0.15) is 6.07 Å². The number of halogens is 1. The Hall–Kier alpha value is -1.42. The van der Waals surface area contributed by atoms with Crippen LogP contribution in [0.15, 0.2) is 55.6 Å². The second-order valence-corrected chi connectivity index (χ2v) is 6.84. The monoisotopic (exact) mass is 379 g/mol. The zero-order valence-electron chi connectivity index (χ0n) is 11.0. The van der Waals surface area contributed by atoms with Crippen molar-refractivity contribution in [2.45, 2.75) is 14.7 Å². The highest BCUT2D eigenvalue weighted by Gasteiger charge is 2.15. The molecule has 0 saturated heterocycles. The number of nitriles is 1. The molecule has 0 aliphatic carbocycles. The maximum Gasteiger partial charge on any atom is 0.336 e. The predicted molar refractivity (Wildman–Crippen MR) is 88.2 cm³/mol. The molecule has 2 aromatic carbocycles. The third-order valence-electron chi connectivity index (χ3n) is 2.71. The first-order chi connectivity index (χ1) is 10.1. The minimum Gasteiger partial charge on any atom is -0.478 e. The van der Waals surface area contributed by atoms with E-state index in [1.165, 1.54) is 23.5 Å². The lowest BCUT2D eigenvalue weighted by Crippen LogP contribution is -1.98. The highest BCUT2D eigenvalue weighted by Crippen LogP contribution is 2.37. The van der Waals surface area contributed by atoms with Crippen molar-refractivity contribution < 1.29 is 9.90 Å². The van der Waals surface area contributed by atoms with Crippen molar-refractivity contribution in [2.24, 2.45) is 0 Å². The molecular formula is C15H10BrNO2S2. The van der Waals surface area contributed by atoms with E-state index in [9.17, 15) is 15.2 Å². The van der Waals surface area contributed by atoms with Crippen molar-refractivity contribution in [3.63, 3.8) is 0 Å². The number of hydrogen-bond donors (Lipinski definition) is 1. The first kappa shape index (κ1) is 16.0. The van der Waals surface area contributed by atoms with Gasteiger partial charge in [-0.15, -0.1) is 11.8 Å². The minimum absolute atomic E-state index is 0.224. The van der Waals surface area contributed by atoms with Crippen molar-refractivity contribution in [3.05, 3.63) is 52.0 Å². The minimum atomic E-state index is -0.982. The number of carbonyl (C=O) groups is 1. The van der Waals surface area contributed by atoms with Gasteiger partial charge in [-0.25, -0.2) is 4.79 Å². The smallest absolute Gasteiger partial charge is 0.336 e. The Balaban J connectivity index is 2.51. The first-order valence-corrected chi connectivity index (χ1v) is 8.68. The van der Waals surface area contributed by atoms with Crippen LogP contribution in [0, 0.1) is 11.3 Å². The second kappa shape index (κ2) is 7.03. The van der Waals surface area contributed by atoms with Crippen LogP contribution in [-0.4, -0.2) is 17.3 Å². The summed E-state index contributed by atoms with van der Waals surface area (Å²) in [4.78, 5) is 13.5. The van der Waals surface area contributed by atoms with Gasteiger partial charge >= 0.3 is 5.97 Å². The summed E-state index contributed by atoms with van der Waals surface area (Å²) in [6, 6.07) is 12.8. The molecule has 0 fully saturated rings. The molecule has 0 heterocycles. The molecular weight excluding hydrogens is 370 g/mol. The highest BCUT2D eigenvalue weighted by atomic mass is 79.9. The average molecular weight is 380 g/mol. The fraction of sp³-hybridized carbons (Fsp3) is 0.0667. The summed E-state index contributed by atoms with van der Waals surface area (Å²) in [5, 5.41) is 18.6. The Morgan fingerprint density at radius 3 is 2.57 bits per heavy atom. The van der Waals surface area contributed by atoms with Gasteiger partial charge < -0.3 is 5.11 Å². The molecule has 2 aromatic rings. The summed E-state index contributed by atoms with van der Waals surface area (Å²) in [6.07, 6.45) is 1.91. The predicted octanol–water partition coefficient (Wildman–Crippen LogP) is 4.89. The van der Waals surface area contributed by atoms with Gasteiger partial charge in [0.25, 0.3) is 0 Å². The summed E-state index contributed by atoms with van der Waals surface area (Å²) in [5.74, 6) is -0.982. The first-order valence-electron chi connectivity index (χ1n) is 5.84. The molecule has 0 radical (unpaired) electrons. The SMILES string of the molecule is CSc1cccc(Sc2cc(Br)ccc2C(=O)O)c1C#N.